The van der Waals surface area contributed by atoms with Crippen LogP contribution in [0.5, 0.6) is 5.75 Å². The minimum absolute atomic E-state index is 0.0854. The van der Waals surface area contributed by atoms with Gasteiger partial charge in [0.2, 0.25) is 0 Å². The average molecular weight is 275 g/mol. The highest BCUT2D eigenvalue weighted by Crippen LogP contribution is 2.38. The molecule has 0 aliphatic rings. The zero-order chi connectivity index (χ0) is 14.5. The summed E-state index contributed by atoms with van der Waals surface area (Å²) in [5.41, 5.74) is 4.70. The van der Waals surface area contributed by atoms with E-state index in [0.717, 1.165) is 31.7 Å². The molecule has 2 nitrogen and oxygen atoms in total. The molecule has 0 aromatic heterocycles. The summed E-state index contributed by atoms with van der Waals surface area (Å²) < 4.78 is 44.3. The van der Waals surface area contributed by atoms with E-state index in [2.05, 4.69) is 0 Å². The van der Waals surface area contributed by atoms with Gasteiger partial charge >= 0.3 is 6.18 Å². The summed E-state index contributed by atoms with van der Waals surface area (Å²) in [7, 11) is 0. The lowest BCUT2D eigenvalue weighted by atomic mass is 10.1. The summed E-state index contributed by atoms with van der Waals surface area (Å²) >= 11 is 0. The molecule has 1 aromatic rings. The molecule has 0 heterocycles. The summed E-state index contributed by atoms with van der Waals surface area (Å²) in [6.07, 6.45) is -1.39. The number of alkyl halides is 3. The highest BCUT2D eigenvalue weighted by atomic mass is 19.4. The molecule has 0 bridgehead atoms. The predicted molar refractivity (Wildman–Crippen MR) is 70.1 cm³/mol. The Morgan fingerprint density at radius 1 is 1.16 bits per heavy atom. The van der Waals surface area contributed by atoms with E-state index in [9.17, 15) is 13.2 Å². The predicted octanol–water partition coefficient (Wildman–Crippen LogP) is 4.64. The minimum atomic E-state index is -4.45. The van der Waals surface area contributed by atoms with Gasteiger partial charge in [0.25, 0.3) is 0 Å². The molecule has 0 spiro atoms. The fraction of sp³-hybridized carbons (Fsp3) is 0.571. The highest BCUT2D eigenvalue weighted by molar-refractivity contribution is 5.49. The molecule has 0 unspecified atom stereocenters. The first-order chi connectivity index (χ1) is 8.88. The second kappa shape index (κ2) is 6.68. The van der Waals surface area contributed by atoms with Crippen LogP contribution in [0.3, 0.4) is 0 Å². The summed E-state index contributed by atoms with van der Waals surface area (Å²) in [6, 6.07) is 3.65. The molecule has 0 amide bonds. The van der Waals surface area contributed by atoms with Crippen LogP contribution in [0.4, 0.5) is 18.9 Å². The quantitative estimate of drug-likeness (QED) is 0.768. The standard InChI is InChI=1S/C14H20F3NO/c1-3-5-11(6-4-2)19-13-8-7-10(18)9-12(13)14(15,16)17/h7-9,11H,3-6,18H2,1-2H3. The molecule has 0 aliphatic heterocycles. The van der Waals surface area contributed by atoms with Crippen LogP contribution < -0.4 is 10.5 Å². The van der Waals surface area contributed by atoms with E-state index >= 15 is 0 Å². The molecule has 1 rings (SSSR count). The molecule has 108 valence electrons. The average Bonchev–Trinajstić information content (AvgIpc) is 2.31. The SMILES string of the molecule is CCCC(CCC)Oc1ccc(N)cc1C(F)(F)F. The van der Waals surface area contributed by atoms with Crippen molar-refractivity contribution in [3.8, 4) is 5.75 Å². The first-order valence-corrected chi connectivity index (χ1v) is 6.51. The van der Waals surface area contributed by atoms with E-state index in [-0.39, 0.29) is 17.5 Å². The normalized spacial score (nSPS) is 11.9. The number of hydrogen-bond donors (Lipinski definition) is 1. The van der Waals surface area contributed by atoms with Crippen LogP contribution >= 0.6 is 0 Å². The number of nitrogens with two attached hydrogens (primary N) is 1. The van der Waals surface area contributed by atoms with Crippen molar-refractivity contribution in [3.05, 3.63) is 23.8 Å². The van der Waals surface area contributed by atoms with Gasteiger partial charge in [-0.2, -0.15) is 13.2 Å². The number of anilines is 1. The van der Waals surface area contributed by atoms with Crippen molar-refractivity contribution in [2.45, 2.75) is 51.8 Å². The van der Waals surface area contributed by atoms with Crippen LogP contribution in [0, 0.1) is 0 Å². The molecule has 0 fully saturated rings. The van der Waals surface area contributed by atoms with Crippen LogP contribution in [0.25, 0.3) is 0 Å². The smallest absolute Gasteiger partial charge is 0.420 e. The fourth-order valence-electron chi connectivity index (χ4n) is 1.96. The second-order valence-corrected chi connectivity index (χ2v) is 4.57. The van der Waals surface area contributed by atoms with Gasteiger partial charge < -0.3 is 10.5 Å². The molecule has 0 aliphatic carbocycles. The molecule has 0 saturated heterocycles. The third-order valence-corrected chi connectivity index (χ3v) is 2.82. The minimum Gasteiger partial charge on any atom is -0.490 e. The topological polar surface area (TPSA) is 35.2 Å². The molecular weight excluding hydrogens is 255 g/mol. The van der Waals surface area contributed by atoms with Crippen LogP contribution in [-0.4, -0.2) is 6.10 Å². The Kier molecular flexibility index (Phi) is 5.51. The first-order valence-electron chi connectivity index (χ1n) is 6.51. The molecule has 5 heteroatoms. The van der Waals surface area contributed by atoms with Crippen molar-refractivity contribution in [2.75, 3.05) is 5.73 Å². The zero-order valence-corrected chi connectivity index (χ0v) is 11.3. The third-order valence-electron chi connectivity index (χ3n) is 2.82. The van der Waals surface area contributed by atoms with Gasteiger partial charge in [-0.15, -0.1) is 0 Å². The molecule has 0 saturated carbocycles. The van der Waals surface area contributed by atoms with E-state index in [0.29, 0.717) is 0 Å². The summed E-state index contributed by atoms with van der Waals surface area (Å²) in [5, 5.41) is 0. The van der Waals surface area contributed by atoms with Gasteiger partial charge in [0.1, 0.15) is 5.75 Å². The Bertz CT molecular complexity index is 398. The Balaban J connectivity index is 2.98. The van der Waals surface area contributed by atoms with Crippen molar-refractivity contribution >= 4 is 5.69 Å². The van der Waals surface area contributed by atoms with Crippen LogP contribution in [0.2, 0.25) is 0 Å². The van der Waals surface area contributed by atoms with Gasteiger partial charge in [-0.1, -0.05) is 26.7 Å². The first kappa shape index (κ1) is 15.7. The Labute approximate surface area is 111 Å². The number of hydrogen-bond acceptors (Lipinski definition) is 2. The Morgan fingerprint density at radius 3 is 2.21 bits per heavy atom. The lowest BCUT2D eigenvalue weighted by molar-refractivity contribution is -0.139. The van der Waals surface area contributed by atoms with Crippen LogP contribution in [0.15, 0.2) is 18.2 Å². The number of nitrogen functional groups attached to an aromatic ring is 1. The van der Waals surface area contributed by atoms with Gasteiger partial charge in [0, 0.05) is 5.69 Å². The molecule has 19 heavy (non-hydrogen) atoms. The molecule has 2 N–H and O–H groups in total. The van der Waals surface area contributed by atoms with Gasteiger partial charge in [0.15, 0.2) is 0 Å². The zero-order valence-electron chi connectivity index (χ0n) is 11.3. The van der Waals surface area contributed by atoms with E-state index < -0.39 is 11.7 Å². The second-order valence-electron chi connectivity index (χ2n) is 4.57. The van der Waals surface area contributed by atoms with Gasteiger partial charge in [-0.05, 0) is 31.0 Å². The molecule has 1 aromatic carbocycles. The van der Waals surface area contributed by atoms with E-state index in [1.165, 1.54) is 12.1 Å². The van der Waals surface area contributed by atoms with E-state index in [1.807, 2.05) is 13.8 Å². The third kappa shape index (κ3) is 4.65. The van der Waals surface area contributed by atoms with Crippen molar-refractivity contribution in [1.29, 1.82) is 0 Å². The Hall–Kier alpha value is -1.39. The van der Waals surface area contributed by atoms with Crippen molar-refractivity contribution < 1.29 is 17.9 Å². The molecular formula is C14H20F3NO. The van der Waals surface area contributed by atoms with Gasteiger partial charge in [0.05, 0.1) is 11.7 Å². The summed E-state index contributed by atoms with van der Waals surface area (Å²) in [6.45, 7) is 3.97. The fourth-order valence-corrected chi connectivity index (χ4v) is 1.96. The highest BCUT2D eigenvalue weighted by Gasteiger charge is 2.35. The maximum Gasteiger partial charge on any atom is 0.420 e. The Morgan fingerprint density at radius 2 is 1.74 bits per heavy atom. The monoisotopic (exact) mass is 275 g/mol. The molecule has 0 radical (unpaired) electrons. The number of ether oxygens (including phenoxy) is 1. The van der Waals surface area contributed by atoms with Gasteiger partial charge in [-0.3, -0.25) is 0 Å². The lowest BCUT2D eigenvalue weighted by Gasteiger charge is -2.21. The maximum atomic E-state index is 12.9. The molecule has 0 atom stereocenters. The van der Waals surface area contributed by atoms with E-state index in [1.54, 1.807) is 0 Å². The number of benzene rings is 1. The van der Waals surface area contributed by atoms with Crippen LogP contribution in [-0.2, 0) is 6.18 Å². The van der Waals surface area contributed by atoms with Crippen LogP contribution in [0.1, 0.15) is 45.1 Å². The van der Waals surface area contributed by atoms with Crippen molar-refractivity contribution in [1.82, 2.24) is 0 Å². The van der Waals surface area contributed by atoms with Crippen molar-refractivity contribution in [3.63, 3.8) is 0 Å². The van der Waals surface area contributed by atoms with Crippen molar-refractivity contribution in [2.24, 2.45) is 0 Å². The largest absolute Gasteiger partial charge is 0.490 e. The lowest BCUT2D eigenvalue weighted by Crippen LogP contribution is -2.19. The van der Waals surface area contributed by atoms with E-state index in [4.69, 9.17) is 10.5 Å². The van der Waals surface area contributed by atoms with Gasteiger partial charge in [-0.25, -0.2) is 0 Å². The summed E-state index contributed by atoms with van der Waals surface area (Å²) in [4.78, 5) is 0. The maximum absolute atomic E-state index is 12.9. The number of rotatable bonds is 6. The number of halogens is 3. The summed E-state index contributed by atoms with van der Waals surface area (Å²) in [5.74, 6) is -0.131.